The summed E-state index contributed by atoms with van der Waals surface area (Å²) in [6, 6.07) is 10.5. The molecule has 0 bridgehead atoms. The van der Waals surface area contributed by atoms with Crippen LogP contribution in [0, 0.1) is 0 Å². The number of hydrogen-bond donors (Lipinski definition) is 0. The molecule has 0 N–H and O–H groups in total. The Hall–Kier alpha value is 0.651. The van der Waals surface area contributed by atoms with Gasteiger partial charge in [-0.25, -0.2) is 0 Å². The van der Waals surface area contributed by atoms with Crippen molar-refractivity contribution in [3.8, 4) is 0 Å². The molecule has 0 spiro atoms. The zero-order valence-electron chi connectivity index (χ0n) is 16.0. The van der Waals surface area contributed by atoms with Gasteiger partial charge in [-0.15, -0.1) is 0 Å². The van der Waals surface area contributed by atoms with Crippen LogP contribution in [0.4, 0.5) is 0 Å². The van der Waals surface area contributed by atoms with E-state index in [1.807, 2.05) is 0 Å². The minimum absolute atomic E-state index is 0.819. The molecule has 1 fully saturated rings. The summed E-state index contributed by atoms with van der Waals surface area (Å²) in [6.07, 6.45) is 9.06. The third-order valence-electron chi connectivity index (χ3n) is 6.75. The van der Waals surface area contributed by atoms with Crippen LogP contribution >= 0.6 is 0 Å². The molecular formula is C18H42Si3. The summed E-state index contributed by atoms with van der Waals surface area (Å²) in [5, 5.41) is 0. The van der Waals surface area contributed by atoms with E-state index in [9.17, 15) is 0 Å². The minimum atomic E-state index is -0.819. The SMILES string of the molecule is CCC[Si]1(CCC)[Si](CCC)(CCC)[Si]1(CCC)CCC. The van der Waals surface area contributed by atoms with Crippen LogP contribution in [0.5, 0.6) is 0 Å². The molecule has 1 heterocycles. The van der Waals surface area contributed by atoms with Crippen molar-refractivity contribution in [2.75, 3.05) is 0 Å². The average molecular weight is 343 g/mol. The lowest BCUT2D eigenvalue weighted by Gasteiger charge is -2.23. The van der Waals surface area contributed by atoms with Gasteiger partial charge in [0, 0.05) is 21.3 Å². The van der Waals surface area contributed by atoms with Crippen molar-refractivity contribution in [1.82, 2.24) is 0 Å². The molecule has 1 rings (SSSR count). The summed E-state index contributed by atoms with van der Waals surface area (Å²) < 4.78 is 0. The van der Waals surface area contributed by atoms with Crippen LogP contribution in [-0.2, 0) is 0 Å². The predicted octanol–water partition coefficient (Wildman–Crippen LogP) is 7.04. The molecular weight excluding hydrogens is 300 g/mol. The third kappa shape index (κ3) is 2.91. The second-order valence-corrected chi connectivity index (χ2v) is 39.0. The summed E-state index contributed by atoms with van der Waals surface area (Å²) in [4.78, 5) is 0. The summed E-state index contributed by atoms with van der Waals surface area (Å²) in [5.74, 6) is 0. The highest BCUT2D eigenvalue weighted by Gasteiger charge is 2.84. The second kappa shape index (κ2) is 8.49. The maximum Gasteiger partial charge on any atom is 0.0377 e. The molecule has 126 valence electrons. The van der Waals surface area contributed by atoms with E-state index in [-0.39, 0.29) is 0 Å². The standard InChI is InChI=1S/C18H42Si3/c1-7-13-19(14-8-2)20(15-9-3,16-10-4)21(19,17-11-5)18-12-6/h7-18H2,1-6H3. The van der Waals surface area contributed by atoms with E-state index < -0.39 is 21.3 Å². The van der Waals surface area contributed by atoms with Gasteiger partial charge in [0.25, 0.3) is 0 Å². The maximum atomic E-state index is 2.50. The molecule has 0 atom stereocenters. The normalized spacial score (nSPS) is 21.4. The van der Waals surface area contributed by atoms with Gasteiger partial charge in [-0.2, -0.15) is 0 Å². The molecule has 0 aliphatic carbocycles. The topological polar surface area (TPSA) is 0 Å². The van der Waals surface area contributed by atoms with Gasteiger partial charge in [0.05, 0.1) is 0 Å². The first-order chi connectivity index (χ1) is 10.1. The highest BCUT2D eigenvalue weighted by molar-refractivity contribution is 8.14. The van der Waals surface area contributed by atoms with Crippen molar-refractivity contribution in [3.05, 3.63) is 0 Å². The summed E-state index contributed by atoms with van der Waals surface area (Å²) in [6.45, 7) is 15.0. The van der Waals surface area contributed by atoms with Crippen LogP contribution in [0.25, 0.3) is 0 Å². The highest BCUT2D eigenvalue weighted by atomic mass is 30.2. The Kier molecular flexibility index (Phi) is 7.96. The minimum Gasteiger partial charge on any atom is -0.0657 e. The summed E-state index contributed by atoms with van der Waals surface area (Å²) >= 11 is 0. The highest BCUT2D eigenvalue weighted by Crippen LogP contribution is 2.65. The molecule has 0 unspecified atom stereocenters. The molecule has 1 aliphatic heterocycles. The van der Waals surface area contributed by atoms with Gasteiger partial charge in [0.2, 0.25) is 0 Å². The Bertz CT molecular complexity index is 223. The van der Waals surface area contributed by atoms with Crippen molar-refractivity contribution < 1.29 is 0 Å². The molecule has 1 aliphatic rings. The van der Waals surface area contributed by atoms with Crippen LogP contribution < -0.4 is 0 Å². The lowest BCUT2D eigenvalue weighted by atomic mass is 10.6. The van der Waals surface area contributed by atoms with Gasteiger partial charge in [-0.05, 0) is 0 Å². The first-order valence-electron chi connectivity index (χ1n) is 10.1. The van der Waals surface area contributed by atoms with E-state index in [1.54, 1.807) is 36.3 Å². The van der Waals surface area contributed by atoms with Gasteiger partial charge >= 0.3 is 0 Å². The van der Waals surface area contributed by atoms with Gasteiger partial charge in [0.1, 0.15) is 0 Å². The molecule has 3 heteroatoms. The van der Waals surface area contributed by atoms with Crippen LogP contribution in [0.1, 0.15) is 80.1 Å². The van der Waals surface area contributed by atoms with E-state index in [0.717, 1.165) is 0 Å². The summed E-state index contributed by atoms with van der Waals surface area (Å²) in [7, 11) is -2.46. The van der Waals surface area contributed by atoms with Crippen LogP contribution in [-0.4, -0.2) is 21.3 Å². The van der Waals surface area contributed by atoms with Gasteiger partial charge < -0.3 is 0 Å². The Labute approximate surface area is 137 Å². The molecule has 1 saturated heterocycles. The van der Waals surface area contributed by atoms with E-state index in [4.69, 9.17) is 0 Å². The van der Waals surface area contributed by atoms with Crippen molar-refractivity contribution in [3.63, 3.8) is 0 Å². The van der Waals surface area contributed by atoms with Crippen LogP contribution in [0.15, 0.2) is 0 Å². The Morgan fingerprint density at radius 3 is 0.571 bits per heavy atom. The third-order valence-corrected chi connectivity index (χ3v) is 66.7. The Morgan fingerprint density at radius 2 is 0.476 bits per heavy atom. The average Bonchev–Trinajstić information content (AvgIpc) is 2.87. The lowest BCUT2D eigenvalue weighted by molar-refractivity contribution is 0.990. The summed E-state index contributed by atoms with van der Waals surface area (Å²) in [5.41, 5.74) is 0. The van der Waals surface area contributed by atoms with E-state index in [0.29, 0.717) is 0 Å². The van der Waals surface area contributed by atoms with Crippen molar-refractivity contribution >= 4 is 21.3 Å². The lowest BCUT2D eigenvalue weighted by Crippen LogP contribution is -2.34. The fraction of sp³-hybridized carbons (Fsp3) is 1.00. The molecule has 0 aromatic heterocycles. The fourth-order valence-corrected chi connectivity index (χ4v) is 98.9. The Balaban J connectivity index is 3.29. The van der Waals surface area contributed by atoms with Gasteiger partial charge in [-0.1, -0.05) is 116 Å². The monoisotopic (exact) mass is 342 g/mol. The molecule has 0 aromatic rings. The molecule has 0 nitrogen and oxygen atoms in total. The smallest absolute Gasteiger partial charge is 0.0377 e. The zero-order valence-corrected chi connectivity index (χ0v) is 19.0. The predicted molar refractivity (Wildman–Crippen MR) is 108 cm³/mol. The number of rotatable bonds is 12. The van der Waals surface area contributed by atoms with Crippen LogP contribution in [0.2, 0.25) is 36.3 Å². The first-order valence-corrected chi connectivity index (χ1v) is 20.4. The van der Waals surface area contributed by atoms with Crippen molar-refractivity contribution in [2.24, 2.45) is 0 Å². The largest absolute Gasteiger partial charge is 0.0657 e. The molecule has 21 heavy (non-hydrogen) atoms. The van der Waals surface area contributed by atoms with E-state index in [2.05, 4.69) is 41.5 Å². The van der Waals surface area contributed by atoms with Crippen molar-refractivity contribution in [1.29, 1.82) is 0 Å². The first kappa shape index (κ1) is 19.7. The molecule has 0 saturated carbocycles. The number of hydrogen-bond acceptors (Lipinski definition) is 0. The van der Waals surface area contributed by atoms with Gasteiger partial charge in [-0.3, -0.25) is 0 Å². The quantitative estimate of drug-likeness (QED) is 0.333. The molecule has 0 aromatic carbocycles. The second-order valence-electron chi connectivity index (χ2n) is 7.75. The maximum absolute atomic E-state index is 2.50. The molecule has 0 radical (unpaired) electrons. The van der Waals surface area contributed by atoms with Crippen LogP contribution in [0.3, 0.4) is 0 Å². The van der Waals surface area contributed by atoms with Crippen molar-refractivity contribution in [2.45, 2.75) is 116 Å². The Morgan fingerprint density at radius 1 is 0.333 bits per heavy atom. The van der Waals surface area contributed by atoms with E-state index >= 15 is 0 Å². The fourth-order valence-electron chi connectivity index (χ4n) is 6.82. The van der Waals surface area contributed by atoms with E-state index in [1.165, 1.54) is 38.5 Å². The van der Waals surface area contributed by atoms with Gasteiger partial charge in [0.15, 0.2) is 0 Å². The molecule has 0 amide bonds. The zero-order chi connectivity index (χ0) is 16.0.